The summed E-state index contributed by atoms with van der Waals surface area (Å²) in [6, 6.07) is 13.0. The number of anilines is 2. The summed E-state index contributed by atoms with van der Waals surface area (Å²) < 4.78 is 1.02. The number of rotatable bonds is 2. The number of hydrogen-bond donors (Lipinski definition) is 1. The predicted molar refractivity (Wildman–Crippen MR) is 64.2 cm³/mol. The van der Waals surface area contributed by atoms with Gasteiger partial charge >= 0.3 is 0 Å². The monoisotopic (exact) mass is 274 g/mol. The zero-order valence-electron chi connectivity index (χ0n) is 8.18. The van der Waals surface area contributed by atoms with Gasteiger partial charge in [-0.2, -0.15) is 5.26 Å². The first-order valence-electron chi connectivity index (χ1n) is 4.54. The number of nitrogens with zero attached hydrogens (tertiary/aromatic N) is 3. The van der Waals surface area contributed by atoms with Crippen LogP contribution in [0.5, 0.6) is 0 Å². The molecule has 2 rings (SSSR count). The van der Waals surface area contributed by atoms with Crippen molar-refractivity contribution in [1.29, 1.82) is 5.26 Å². The van der Waals surface area contributed by atoms with Crippen LogP contribution in [0.2, 0.25) is 0 Å². The summed E-state index contributed by atoms with van der Waals surface area (Å²) in [7, 11) is 0. The molecule has 16 heavy (non-hydrogen) atoms. The number of benzene rings is 1. The topological polar surface area (TPSA) is 61.6 Å². The zero-order chi connectivity index (χ0) is 11.4. The van der Waals surface area contributed by atoms with Crippen molar-refractivity contribution in [3.05, 3.63) is 46.6 Å². The van der Waals surface area contributed by atoms with Crippen molar-refractivity contribution in [1.82, 2.24) is 10.2 Å². The molecule has 0 amide bonds. The quantitative estimate of drug-likeness (QED) is 0.915. The maximum atomic E-state index is 8.57. The number of nitriles is 1. The fourth-order valence-electron chi connectivity index (χ4n) is 1.14. The fourth-order valence-corrected chi connectivity index (χ4v) is 1.40. The Morgan fingerprint density at radius 2 is 1.81 bits per heavy atom. The van der Waals surface area contributed by atoms with Gasteiger partial charge in [-0.3, -0.25) is 0 Å². The van der Waals surface area contributed by atoms with Crippen molar-refractivity contribution < 1.29 is 0 Å². The lowest BCUT2D eigenvalue weighted by Gasteiger charge is -2.04. The molecule has 0 unspecified atom stereocenters. The Kier molecular flexibility index (Phi) is 3.13. The van der Waals surface area contributed by atoms with Gasteiger partial charge in [-0.25, -0.2) is 0 Å². The Labute approximate surface area is 101 Å². The summed E-state index contributed by atoms with van der Waals surface area (Å²) in [6.07, 6.45) is 0. The Hall–Kier alpha value is -1.93. The van der Waals surface area contributed by atoms with Crippen molar-refractivity contribution in [2.24, 2.45) is 0 Å². The lowest BCUT2D eigenvalue weighted by atomic mass is 10.3. The van der Waals surface area contributed by atoms with E-state index >= 15 is 0 Å². The van der Waals surface area contributed by atoms with Gasteiger partial charge in [0.1, 0.15) is 6.07 Å². The Morgan fingerprint density at radius 3 is 2.38 bits per heavy atom. The van der Waals surface area contributed by atoms with Crippen LogP contribution < -0.4 is 5.32 Å². The molecular weight excluding hydrogens is 268 g/mol. The summed E-state index contributed by atoms with van der Waals surface area (Å²) >= 11 is 3.36. The molecule has 1 aromatic heterocycles. The standard InChI is InChI=1S/C11H7BrN4/c12-8-1-3-9(4-2-8)14-11-6-5-10(7-13)15-16-11/h1-6H,(H,14,16). The Balaban J connectivity index is 2.15. The molecule has 1 heterocycles. The maximum Gasteiger partial charge on any atom is 0.163 e. The second kappa shape index (κ2) is 4.73. The number of hydrogen-bond acceptors (Lipinski definition) is 4. The molecule has 0 radical (unpaired) electrons. The smallest absolute Gasteiger partial charge is 0.163 e. The van der Waals surface area contributed by atoms with Crippen LogP contribution in [0.15, 0.2) is 40.9 Å². The summed E-state index contributed by atoms with van der Waals surface area (Å²) in [4.78, 5) is 0. The van der Waals surface area contributed by atoms with Crippen molar-refractivity contribution >= 4 is 27.4 Å². The molecule has 78 valence electrons. The minimum Gasteiger partial charge on any atom is -0.339 e. The van der Waals surface area contributed by atoms with Crippen molar-refractivity contribution in [3.8, 4) is 6.07 Å². The Morgan fingerprint density at radius 1 is 1.06 bits per heavy atom. The third-order valence-electron chi connectivity index (χ3n) is 1.90. The van der Waals surface area contributed by atoms with Crippen molar-refractivity contribution in [2.45, 2.75) is 0 Å². The van der Waals surface area contributed by atoms with Gasteiger partial charge in [0.2, 0.25) is 0 Å². The first kappa shape index (κ1) is 10.6. The normalized spacial score (nSPS) is 9.50. The molecule has 0 aliphatic rings. The molecule has 1 aromatic carbocycles. The van der Waals surface area contributed by atoms with E-state index < -0.39 is 0 Å². The average molecular weight is 275 g/mol. The fraction of sp³-hybridized carbons (Fsp3) is 0. The van der Waals surface area contributed by atoms with Gasteiger partial charge in [0.05, 0.1) is 0 Å². The number of nitrogens with one attached hydrogen (secondary N) is 1. The van der Waals surface area contributed by atoms with Gasteiger partial charge in [0.25, 0.3) is 0 Å². The van der Waals surface area contributed by atoms with Gasteiger partial charge in [-0.1, -0.05) is 15.9 Å². The van der Waals surface area contributed by atoms with Crippen LogP contribution in [0.25, 0.3) is 0 Å². The van der Waals surface area contributed by atoms with E-state index in [0.717, 1.165) is 10.2 Å². The second-order valence-corrected chi connectivity index (χ2v) is 3.96. The van der Waals surface area contributed by atoms with Gasteiger partial charge in [0.15, 0.2) is 11.5 Å². The summed E-state index contributed by atoms with van der Waals surface area (Å²) in [5.74, 6) is 0.612. The number of halogens is 1. The van der Waals surface area contributed by atoms with E-state index in [-0.39, 0.29) is 0 Å². The molecule has 1 N–H and O–H groups in total. The van der Waals surface area contributed by atoms with E-state index in [1.807, 2.05) is 30.3 Å². The van der Waals surface area contributed by atoms with Crippen molar-refractivity contribution in [3.63, 3.8) is 0 Å². The van der Waals surface area contributed by atoms with Crippen LogP contribution in [0.1, 0.15) is 5.69 Å². The van der Waals surface area contributed by atoms with Gasteiger partial charge < -0.3 is 5.32 Å². The SMILES string of the molecule is N#Cc1ccc(Nc2ccc(Br)cc2)nn1. The van der Waals surface area contributed by atoms with Crippen LogP contribution in [-0.2, 0) is 0 Å². The summed E-state index contributed by atoms with van der Waals surface area (Å²) in [5.41, 5.74) is 1.23. The van der Waals surface area contributed by atoms with E-state index in [0.29, 0.717) is 11.5 Å². The third kappa shape index (κ3) is 2.55. The highest BCUT2D eigenvalue weighted by molar-refractivity contribution is 9.10. The first-order chi connectivity index (χ1) is 7.78. The van der Waals surface area contributed by atoms with Crippen molar-refractivity contribution in [2.75, 3.05) is 5.32 Å². The molecule has 0 bridgehead atoms. The van der Waals surface area contributed by atoms with E-state index in [2.05, 4.69) is 31.4 Å². The minimum atomic E-state index is 0.307. The molecule has 0 saturated heterocycles. The Bertz CT molecular complexity index is 513. The average Bonchev–Trinajstić information content (AvgIpc) is 2.33. The molecule has 2 aromatic rings. The van der Waals surface area contributed by atoms with Gasteiger partial charge in [0, 0.05) is 10.2 Å². The molecule has 0 atom stereocenters. The minimum absolute atomic E-state index is 0.307. The summed E-state index contributed by atoms with van der Waals surface area (Å²) in [5, 5.41) is 19.2. The molecule has 4 nitrogen and oxygen atoms in total. The maximum absolute atomic E-state index is 8.57. The molecule has 5 heteroatoms. The highest BCUT2D eigenvalue weighted by atomic mass is 79.9. The van der Waals surface area contributed by atoms with E-state index in [4.69, 9.17) is 5.26 Å². The highest BCUT2D eigenvalue weighted by Crippen LogP contribution is 2.17. The van der Waals surface area contributed by atoms with Crippen LogP contribution in [0.3, 0.4) is 0 Å². The van der Waals surface area contributed by atoms with E-state index in [1.54, 1.807) is 12.1 Å². The second-order valence-electron chi connectivity index (χ2n) is 3.05. The van der Waals surface area contributed by atoms with Gasteiger partial charge in [-0.05, 0) is 36.4 Å². The molecular formula is C11H7BrN4. The lowest BCUT2D eigenvalue weighted by Crippen LogP contribution is -1.96. The lowest BCUT2D eigenvalue weighted by molar-refractivity contribution is 1.01. The van der Waals surface area contributed by atoms with Crippen LogP contribution in [-0.4, -0.2) is 10.2 Å². The molecule has 0 saturated carbocycles. The largest absolute Gasteiger partial charge is 0.339 e. The van der Waals surface area contributed by atoms with Crippen LogP contribution in [0.4, 0.5) is 11.5 Å². The molecule has 0 fully saturated rings. The first-order valence-corrected chi connectivity index (χ1v) is 5.33. The molecule has 0 aliphatic heterocycles. The highest BCUT2D eigenvalue weighted by Gasteiger charge is 1.97. The van der Waals surface area contributed by atoms with Gasteiger partial charge in [-0.15, -0.1) is 10.2 Å². The van der Waals surface area contributed by atoms with Crippen LogP contribution >= 0.6 is 15.9 Å². The molecule has 0 spiro atoms. The van der Waals surface area contributed by atoms with E-state index in [1.165, 1.54) is 0 Å². The number of aromatic nitrogens is 2. The van der Waals surface area contributed by atoms with E-state index in [9.17, 15) is 0 Å². The van der Waals surface area contributed by atoms with Crippen LogP contribution in [0, 0.1) is 11.3 Å². The third-order valence-corrected chi connectivity index (χ3v) is 2.42. The zero-order valence-corrected chi connectivity index (χ0v) is 9.77. The summed E-state index contributed by atoms with van der Waals surface area (Å²) in [6.45, 7) is 0. The molecule has 0 aliphatic carbocycles. The predicted octanol–water partition coefficient (Wildman–Crippen LogP) is 2.85.